The maximum atomic E-state index is 3.62. The van der Waals surface area contributed by atoms with Gasteiger partial charge in [-0.15, -0.1) is 11.3 Å². The number of hydrogen-bond donors (Lipinski definition) is 1. The fourth-order valence-corrected chi connectivity index (χ4v) is 2.88. The van der Waals surface area contributed by atoms with Crippen LogP contribution in [-0.4, -0.2) is 30.1 Å². The zero-order valence-corrected chi connectivity index (χ0v) is 13.5. The lowest BCUT2D eigenvalue weighted by Crippen LogP contribution is -2.46. The highest BCUT2D eigenvalue weighted by atomic mass is 32.1. The summed E-state index contributed by atoms with van der Waals surface area (Å²) in [6, 6.07) is 5.45. The van der Waals surface area contributed by atoms with Gasteiger partial charge in [-0.05, 0) is 52.6 Å². The zero-order chi connectivity index (χ0) is 13.8. The Kier molecular flexibility index (Phi) is 5.83. The molecule has 0 aliphatic rings. The van der Waals surface area contributed by atoms with Crippen molar-refractivity contribution < 1.29 is 0 Å². The molecule has 0 aromatic carbocycles. The Hall–Kier alpha value is -0.380. The molecular weight excluding hydrogens is 240 g/mol. The first-order valence-corrected chi connectivity index (χ1v) is 7.73. The van der Waals surface area contributed by atoms with Gasteiger partial charge in [-0.1, -0.05) is 13.0 Å². The predicted octanol–water partition coefficient (Wildman–Crippen LogP) is 3.91. The van der Waals surface area contributed by atoms with Crippen LogP contribution < -0.4 is 5.32 Å². The highest BCUT2D eigenvalue weighted by Gasteiger charge is 2.21. The molecule has 0 aliphatic heterocycles. The lowest BCUT2D eigenvalue weighted by molar-refractivity contribution is 0.169. The van der Waals surface area contributed by atoms with E-state index in [2.05, 4.69) is 69.4 Å². The van der Waals surface area contributed by atoms with Crippen LogP contribution in [0.15, 0.2) is 17.5 Å². The third kappa shape index (κ3) is 4.71. The molecule has 0 amide bonds. The number of rotatable bonds is 6. The van der Waals surface area contributed by atoms with E-state index in [-0.39, 0.29) is 5.54 Å². The van der Waals surface area contributed by atoms with Gasteiger partial charge < -0.3 is 5.32 Å². The van der Waals surface area contributed by atoms with Crippen molar-refractivity contribution in [2.45, 2.75) is 58.7 Å². The molecule has 0 bridgehead atoms. The number of nitrogens with zero attached hydrogens (tertiary/aromatic N) is 1. The maximum Gasteiger partial charge on any atom is 0.0413 e. The molecule has 104 valence electrons. The summed E-state index contributed by atoms with van der Waals surface area (Å²) < 4.78 is 0. The molecule has 1 heterocycles. The molecule has 2 atom stereocenters. The van der Waals surface area contributed by atoms with Gasteiger partial charge in [0.25, 0.3) is 0 Å². The minimum Gasteiger partial charge on any atom is -0.311 e. The normalized spacial score (nSPS) is 15.9. The molecule has 18 heavy (non-hydrogen) atoms. The average molecular weight is 268 g/mol. The Morgan fingerprint density at radius 3 is 2.50 bits per heavy atom. The van der Waals surface area contributed by atoms with Gasteiger partial charge >= 0.3 is 0 Å². The summed E-state index contributed by atoms with van der Waals surface area (Å²) >= 11 is 1.85. The third-order valence-electron chi connectivity index (χ3n) is 3.48. The molecule has 1 rings (SSSR count). The van der Waals surface area contributed by atoms with Gasteiger partial charge in [0, 0.05) is 29.0 Å². The lowest BCUT2D eigenvalue weighted by Gasteiger charge is -2.34. The second-order valence-electron chi connectivity index (χ2n) is 6.05. The van der Waals surface area contributed by atoms with Crippen molar-refractivity contribution in [3.63, 3.8) is 0 Å². The van der Waals surface area contributed by atoms with Crippen LogP contribution in [0.3, 0.4) is 0 Å². The molecule has 0 saturated heterocycles. The van der Waals surface area contributed by atoms with Crippen molar-refractivity contribution in [2.24, 2.45) is 0 Å². The van der Waals surface area contributed by atoms with E-state index in [4.69, 9.17) is 0 Å². The Bertz CT molecular complexity index is 327. The van der Waals surface area contributed by atoms with E-state index in [0.29, 0.717) is 12.1 Å². The monoisotopic (exact) mass is 268 g/mol. The van der Waals surface area contributed by atoms with E-state index in [1.54, 1.807) is 0 Å². The van der Waals surface area contributed by atoms with E-state index >= 15 is 0 Å². The summed E-state index contributed by atoms with van der Waals surface area (Å²) in [5, 5.41) is 5.78. The summed E-state index contributed by atoms with van der Waals surface area (Å²) in [5.41, 5.74) is 0.195. The lowest BCUT2D eigenvalue weighted by atomic mass is 10.1. The van der Waals surface area contributed by atoms with Gasteiger partial charge in [0.05, 0.1) is 0 Å². The van der Waals surface area contributed by atoms with Crippen molar-refractivity contribution in [1.82, 2.24) is 10.2 Å². The Morgan fingerprint density at radius 2 is 2.06 bits per heavy atom. The molecule has 0 radical (unpaired) electrons. The molecule has 1 aromatic rings. The van der Waals surface area contributed by atoms with Crippen LogP contribution in [0.2, 0.25) is 0 Å². The largest absolute Gasteiger partial charge is 0.311 e. The van der Waals surface area contributed by atoms with Gasteiger partial charge in [-0.3, -0.25) is 4.90 Å². The van der Waals surface area contributed by atoms with Crippen LogP contribution in [0.4, 0.5) is 0 Å². The van der Waals surface area contributed by atoms with Crippen molar-refractivity contribution in [3.8, 4) is 0 Å². The quantitative estimate of drug-likeness (QED) is 0.841. The molecule has 1 N–H and O–H groups in total. The van der Waals surface area contributed by atoms with E-state index in [1.807, 2.05) is 11.3 Å². The smallest absolute Gasteiger partial charge is 0.0413 e. The van der Waals surface area contributed by atoms with Crippen molar-refractivity contribution in [2.75, 3.05) is 13.6 Å². The molecule has 2 unspecified atom stereocenters. The first-order valence-electron chi connectivity index (χ1n) is 6.85. The minimum atomic E-state index is 0.195. The molecule has 0 aliphatic carbocycles. The molecule has 0 saturated carbocycles. The molecule has 3 heteroatoms. The summed E-state index contributed by atoms with van der Waals surface area (Å²) in [4.78, 5) is 3.94. The Morgan fingerprint density at radius 1 is 1.39 bits per heavy atom. The van der Waals surface area contributed by atoms with E-state index < -0.39 is 0 Å². The highest BCUT2D eigenvalue weighted by molar-refractivity contribution is 7.10. The van der Waals surface area contributed by atoms with Gasteiger partial charge in [0.1, 0.15) is 0 Å². The fraction of sp³-hybridized carbons (Fsp3) is 0.733. The summed E-state index contributed by atoms with van der Waals surface area (Å²) in [6.45, 7) is 12.3. The number of nitrogens with one attached hydrogen (secondary N) is 1. The van der Waals surface area contributed by atoms with Crippen molar-refractivity contribution in [3.05, 3.63) is 22.4 Å². The number of hydrogen-bond acceptors (Lipinski definition) is 3. The first-order chi connectivity index (χ1) is 8.35. The SMILES string of the molecule is CCC(CNC(C)(C)C)N(C)C(C)c1cccs1. The summed E-state index contributed by atoms with van der Waals surface area (Å²) in [5.74, 6) is 0. The number of likely N-dealkylation sites (N-methyl/N-ethyl adjacent to an activating group) is 1. The molecule has 0 spiro atoms. The second kappa shape index (κ2) is 6.69. The maximum absolute atomic E-state index is 3.62. The average Bonchev–Trinajstić information content (AvgIpc) is 2.80. The van der Waals surface area contributed by atoms with Gasteiger partial charge in [0.2, 0.25) is 0 Å². The minimum absolute atomic E-state index is 0.195. The van der Waals surface area contributed by atoms with Crippen LogP contribution >= 0.6 is 11.3 Å². The Labute approximate surface area is 116 Å². The molecule has 0 fully saturated rings. The fourth-order valence-electron chi connectivity index (χ4n) is 2.05. The first kappa shape index (κ1) is 15.7. The van der Waals surface area contributed by atoms with Crippen LogP contribution in [0, 0.1) is 0 Å². The third-order valence-corrected chi connectivity index (χ3v) is 4.52. The zero-order valence-electron chi connectivity index (χ0n) is 12.7. The van der Waals surface area contributed by atoms with Gasteiger partial charge in [0.15, 0.2) is 0 Å². The van der Waals surface area contributed by atoms with Crippen molar-refractivity contribution in [1.29, 1.82) is 0 Å². The second-order valence-corrected chi connectivity index (χ2v) is 7.03. The van der Waals surface area contributed by atoms with Crippen LogP contribution in [-0.2, 0) is 0 Å². The Balaban J connectivity index is 2.59. The highest BCUT2D eigenvalue weighted by Crippen LogP contribution is 2.25. The topological polar surface area (TPSA) is 15.3 Å². The summed E-state index contributed by atoms with van der Waals surface area (Å²) in [6.07, 6.45) is 1.18. The summed E-state index contributed by atoms with van der Waals surface area (Å²) in [7, 11) is 2.24. The van der Waals surface area contributed by atoms with E-state index in [0.717, 1.165) is 6.54 Å². The van der Waals surface area contributed by atoms with Crippen LogP contribution in [0.1, 0.15) is 52.0 Å². The van der Waals surface area contributed by atoms with Gasteiger partial charge in [-0.25, -0.2) is 0 Å². The predicted molar refractivity (Wildman–Crippen MR) is 82.3 cm³/mol. The van der Waals surface area contributed by atoms with Crippen LogP contribution in [0.5, 0.6) is 0 Å². The van der Waals surface area contributed by atoms with Crippen LogP contribution in [0.25, 0.3) is 0 Å². The molecular formula is C15H28N2S. The van der Waals surface area contributed by atoms with Crippen molar-refractivity contribution >= 4 is 11.3 Å². The standard InChI is InChI=1S/C15H28N2S/c1-7-13(11-16-15(3,4)5)17(6)12(2)14-9-8-10-18-14/h8-10,12-13,16H,7,11H2,1-6H3. The van der Waals surface area contributed by atoms with E-state index in [9.17, 15) is 0 Å². The molecule has 1 aromatic heterocycles. The van der Waals surface area contributed by atoms with Gasteiger partial charge in [-0.2, -0.15) is 0 Å². The molecule has 2 nitrogen and oxygen atoms in total. The van der Waals surface area contributed by atoms with E-state index in [1.165, 1.54) is 11.3 Å². The number of thiophene rings is 1.